The van der Waals surface area contributed by atoms with Crippen molar-refractivity contribution in [3.63, 3.8) is 0 Å². The number of halogens is 2. The first-order valence-electron chi connectivity index (χ1n) is 9.53. The summed E-state index contributed by atoms with van der Waals surface area (Å²) in [4.78, 5) is 13.1. The quantitative estimate of drug-likeness (QED) is 0.680. The number of nitrogens with zero attached hydrogens (tertiary/aromatic N) is 2. The van der Waals surface area contributed by atoms with E-state index in [1.807, 2.05) is 6.92 Å². The largest absolute Gasteiger partial charge is 0.493 e. The molecule has 1 heterocycles. The van der Waals surface area contributed by atoms with Gasteiger partial charge in [-0.3, -0.25) is 4.79 Å². The van der Waals surface area contributed by atoms with Gasteiger partial charge in [0.05, 0.1) is 19.9 Å². The van der Waals surface area contributed by atoms with E-state index < -0.39 is 11.6 Å². The average Bonchev–Trinajstić information content (AvgIpc) is 3.34. The van der Waals surface area contributed by atoms with Crippen LogP contribution in [-0.2, 0) is 12.8 Å². The highest BCUT2D eigenvalue weighted by Gasteiger charge is 2.27. The number of ether oxygens (including phenoxy) is 2. The summed E-state index contributed by atoms with van der Waals surface area (Å²) in [5, 5.41) is 7.32. The number of amides is 1. The first-order chi connectivity index (χ1) is 14.4. The van der Waals surface area contributed by atoms with Crippen LogP contribution in [0.4, 0.5) is 14.5 Å². The zero-order valence-corrected chi connectivity index (χ0v) is 16.9. The van der Waals surface area contributed by atoms with Gasteiger partial charge >= 0.3 is 0 Å². The third kappa shape index (κ3) is 3.38. The van der Waals surface area contributed by atoms with Crippen molar-refractivity contribution in [1.82, 2.24) is 9.78 Å². The maximum atomic E-state index is 13.7. The Labute approximate surface area is 172 Å². The first-order valence-corrected chi connectivity index (χ1v) is 9.53. The molecule has 2 aromatic carbocycles. The second kappa shape index (κ2) is 7.78. The Hall–Kier alpha value is -3.42. The Bertz CT molecular complexity index is 1140. The summed E-state index contributed by atoms with van der Waals surface area (Å²) in [5.41, 5.74) is 3.71. The molecule has 3 aromatic rings. The molecule has 4 rings (SSSR count). The fourth-order valence-corrected chi connectivity index (χ4v) is 3.75. The Morgan fingerprint density at radius 1 is 1.07 bits per heavy atom. The van der Waals surface area contributed by atoms with Crippen molar-refractivity contribution in [2.75, 3.05) is 19.5 Å². The van der Waals surface area contributed by atoms with Gasteiger partial charge in [0.1, 0.15) is 0 Å². The molecule has 8 heteroatoms. The molecule has 0 unspecified atom stereocenters. The minimum absolute atomic E-state index is 0.279. The van der Waals surface area contributed by atoms with Crippen molar-refractivity contribution < 1.29 is 23.0 Å². The van der Waals surface area contributed by atoms with Gasteiger partial charge in [-0.05, 0) is 49.9 Å². The molecule has 0 saturated heterocycles. The Morgan fingerprint density at radius 2 is 1.80 bits per heavy atom. The van der Waals surface area contributed by atoms with Crippen molar-refractivity contribution >= 4 is 11.6 Å². The van der Waals surface area contributed by atoms with Gasteiger partial charge in [-0.25, -0.2) is 13.5 Å². The average molecular weight is 413 g/mol. The minimum atomic E-state index is -0.957. The van der Waals surface area contributed by atoms with Crippen LogP contribution in [0, 0.1) is 18.6 Å². The van der Waals surface area contributed by atoms with E-state index in [4.69, 9.17) is 9.47 Å². The molecule has 0 radical (unpaired) electrons. The molecule has 0 spiro atoms. The molecule has 30 heavy (non-hydrogen) atoms. The first kappa shape index (κ1) is 19.9. The van der Waals surface area contributed by atoms with Crippen molar-refractivity contribution in [2.45, 2.75) is 26.2 Å². The molecule has 6 nitrogen and oxygen atoms in total. The van der Waals surface area contributed by atoms with Crippen molar-refractivity contribution in [3.8, 4) is 17.2 Å². The van der Waals surface area contributed by atoms with E-state index in [0.717, 1.165) is 35.4 Å². The molecule has 1 aromatic heterocycles. The molecular weight excluding hydrogens is 392 g/mol. The lowest BCUT2D eigenvalue weighted by molar-refractivity contribution is 0.102. The number of fused-ring (bicyclic) bond motifs is 1. The topological polar surface area (TPSA) is 65.4 Å². The van der Waals surface area contributed by atoms with E-state index in [1.165, 1.54) is 17.9 Å². The standard InChI is InChI=1S/C22H21F2N3O3/c1-12-9-19(29-2)20(30-3)11-17(12)25-22(28)21-14-5-4-6-18(14)27(26-21)13-7-8-15(23)16(24)10-13/h7-11H,4-6H2,1-3H3,(H,25,28). The second-order valence-electron chi connectivity index (χ2n) is 7.11. The zero-order chi connectivity index (χ0) is 21.4. The van der Waals surface area contributed by atoms with Crippen LogP contribution in [0.1, 0.15) is 33.7 Å². The maximum absolute atomic E-state index is 13.7. The Morgan fingerprint density at radius 3 is 2.50 bits per heavy atom. The Balaban J connectivity index is 1.70. The third-order valence-corrected chi connectivity index (χ3v) is 5.27. The zero-order valence-electron chi connectivity index (χ0n) is 16.9. The summed E-state index contributed by atoms with van der Waals surface area (Å²) < 4.78 is 39.2. The van der Waals surface area contributed by atoms with Crippen LogP contribution >= 0.6 is 0 Å². The summed E-state index contributed by atoms with van der Waals surface area (Å²) >= 11 is 0. The fourth-order valence-electron chi connectivity index (χ4n) is 3.75. The molecule has 1 aliphatic rings. The van der Waals surface area contributed by atoms with Crippen molar-refractivity contribution in [2.24, 2.45) is 0 Å². The highest BCUT2D eigenvalue weighted by Crippen LogP contribution is 2.34. The smallest absolute Gasteiger partial charge is 0.276 e. The molecule has 156 valence electrons. The number of aromatic nitrogens is 2. The molecule has 1 aliphatic carbocycles. The van der Waals surface area contributed by atoms with E-state index >= 15 is 0 Å². The maximum Gasteiger partial charge on any atom is 0.276 e. The summed E-state index contributed by atoms with van der Waals surface area (Å²) in [5.74, 6) is -1.19. The SMILES string of the molecule is COc1cc(C)c(NC(=O)c2nn(-c3ccc(F)c(F)c3)c3c2CCC3)cc1OC. The van der Waals surface area contributed by atoms with Crippen molar-refractivity contribution in [1.29, 1.82) is 0 Å². The van der Waals surface area contributed by atoms with Crippen LogP contribution in [0.5, 0.6) is 11.5 Å². The fraction of sp³-hybridized carbons (Fsp3) is 0.273. The number of hydrogen-bond acceptors (Lipinski definition) is 4. The van der Waals surface area contributed by atoms with E-state index in [1.54, 1.807) is 19.2 Å². The van der Waals surface area contributed by atoms with Crippen LogP contribution in [0.25, 0.3) is 5.69 Å². The number of hydrogen-bond donors (Lipinski definition) is 1. The van der Waals surface area contributed by atoms with Crippen LogP contribution in [-0.4, -0.2) is 29.9 Å². The number of carbonyl (C=O) groups is 1. The highest BCUT2D eigenvalue weighted by molar-refractivity contribution is 6.04. The normalized spacial score (nSPS) is 12.6. The number of anilines is 1. The number of methoxy groups -OCH3 is 2. The number of aryl methyl sites for hydroxylation is 1. The van der Waals surface area contributed by atoms with Crippen LogP contribution in [0.3, 0.4) is 0 Å². The van der Waals surface area contributed by atoms with Gasteiger partial charge in [0.2, 0.25) is 0 Å². The molecule has 0 fully saturated rings. The molecular formula is C22H21F2N3O3. The summed E-state index contributed by atoms with van der Waals surface area (Å²) in [6.45, 7) is 1.85. The van der Waals surface area contributed by atoms with Crippen molar-refractivity contribution in [3.05, 3.63) is 64.5 Å². The second-order valence-corrected chi connectivity index (χ2v) is 7.11. The van der Waals surface area contributed by atoms with Gasteiger partial charge in [0.15, 0.2) is 28.8 Å². The predicted octanol–water partition coefficient (Wildman–Crippen LogP) is 4.22. The molecule has 0 saturated carbocycles. The molecule has 0 bridgehead atoms. The predicted molar refractivity (Wildman–Crippen MR) is 108 cm³/mol. The van der Waals surface area contributed by atoms with Gasteiger partial charge < -0.3 is 14.8 Å². The Kier molecular flexibility index (Phi) is 5.15. The van der Waals surface area contributed by atoms with E-state index in [0.29, 0.717) is 35.7 Å². The van der Waals surface area contributed by atoms with Crippen LogP contribution in [0.2, 0.25) is 0 Å². The highest BCUT2D eigenvalue weighted by atomic mass is 19.2. The molecule has 0 atom stereocenters. The third-order valence-electron chi connectivity index (χ3n) is 5.27. The number of nitrogens with one attached hydrogen (secondary N) is 1. The number of benzene rings is 2. The molecule has 1 amide bonds. The van der Waals surface area contributed by atoms with Gasteiger partial charge in [-0.15, -0.1) is 0 Å². The summed E-state index contributed by atoms with van der Waals surface area (Å²) in [7, 11) is 3.07. The lowest BCUT2D eigenvalue weighted by atomic mass is 10.1. The van der Waals surface area contributed by atoms with E-state index in [9.17, 15) is 13.6 Å². The van der Waals surface area contributed by atoms with Gasteiger partial charge in [0, 0.05) is 29.1 Å². The van der Waals surface area contributed by atoms with Crippen LogP contribution in [0.15, 0.2) is 30.3 Å². The molecule has 0 aliphatic heterocycles. The number of rotatable bonds is 5. The van der Waals surface area contributed by atoms with Gasteiger partial charge in [-0.1, -0.05) is 0 Å². The lowest BCUT2D eigenvalue weighted by Crippen LogP contribution is -2.16. The summed E-state index contributed by atoms with van der Waals surface area (Å²) in [6.07, 6.45) is 2.28. The lowest BCUT2D eigenvalue weighted by Gasteiger charge is -2.13. The summed E-state index contributed by atoms with van der Waals surface area (Å²) in [6, 6.07) is 7.06. The van der Waals surface area contributed by atoms with E-state index in [2.05, 4.69) is 10.4 Å². The number of carbonyl (C=O) groups excluding carboxylic acids is 1. The minimum Gasteiger partial charge on any atom is -0.493 e. The van der Waals surface area contributed by atoms with Gasteiger partial charge in [-0.2, -0.15) is 5.10 Å². The van der Waals surface area contributed by atoms with Crippen LogP contribution < -0.4 is 14.8 Å². The monoisotopic (exact) mass is 413 g/mol. The van der Waals surface area contributed by atoms with Gasteiger partial charge in [0.25, 0.3) is 5.91 Å². The van der Waals surface area contributed by atoms with E-state index in [-0.39, 0.29) is 11.6 Å². The molecule has 1 N–H and O–H groups in total.